The van der Waals surface area contributed by atoms with Crippen LogP contribution in [0, 0.1) is 0 Å². The van der Waals surface area contributed by atoms with E-state index in [4.69, 9.17) is 4.74 Å². The topological polar surface area (TPSA) is 54.5 Å². The molecule has 1 N–H and O–H groups in total. The summed E-state index contributed by atoms with van der Waals surface area (Å²) in [4.78, 5) is 17.9. The SMILES string of the molecule is O=C(Oc1ccc2ncccc2c1)N1CCNCC1. The Hall–Kier alpha value is -2.14. The molecule has 1 aromatic heterocycles. The number of carbonyl (C=O) groups is 1. The van der Waals surface area contributed by atoms with Gasteiger partial charge in [0.1, 0.15) is 5.75 Å². The minimum absolute atomic E-state index is 0.287. The third kappa shape index (κ3) is 2.66. The van der Waals surface area contributed by atoms with E-state index in [-0.39, 0.29) is 6.09 Å². The van der Waals surface area contributed by atoms with E-state index in [9.17, 15) is 4.79 Å². The Labute approximate surface area is 111 Å². The Balaban J connectivity index is 1.75. The maximum atomic E-state index is 12.0. The first-order valence-corrected chi connectivity index (χ1v) is 6.35. The average Bonchev–Trinajstić information content (AvgIpc) is 2.48. The van der Waals surface area contributed by atoms with Crippen molar-refractivity contribution in [2.24, 2.45) is 0 Å². The molecule has 98 valence electrons. The fourth-order valence-electron chi connectivity index (χ4n) is 2.13. The van der Waals surface area contributed by atoms with E-state index >= 15 is 0 Å². The molecule has 1 amide bonds. The molecule has 1 aromatic carbocycles. The van der Waals surface area contributed by atoms with Gasteiger partial charge in [-0.1, -0.05) is 6.07 Å². The first-order valence-electron chi connectivity index (χ1n) is 6.35. The van der Waals surface area contributed by atoms with Crippen LogP contribution in [0.25, 0.3) is 10.9 Å². The second-order valence-corrected chi connectivity index (χ2v) is 4.46. The molecule has 3 rings (SSSR count). The van der Waals surface area contributed by atoms with E-state index in [0.717, 1.165) is 24.0 Å². The maximum Gasteiger partial charge on any atom is 0.415 e. The van der Waals surface area contributed by atoms with Gasteiger partial charge in [0.15, 0.2) is 0 Å². The van der Waals surface area contributed by atoms with E-state index < -0.39 is 0 Å². The quantitative estimate of drug-likeness (QED) is 0.843. The molecule has 2 heterocycles. The van der Waals surface area contributed by atoms with Crippen LogP contribution in [0.2, 0.25) is 0 Å². The Morgan fingerprint density at radius 1 is 1.26 bits per heavy atom. The number of ether oxygens (including phenoxy) is 1. The van der Waals surface area contributed by atoms with Crippen molar-refractivity contribution >= 4 is 17.0 Å². The smallest absolute Gasteiger partial charge is 0.410 e. The summed E-state index contributed by atoms with van der Waals surface area (Å²) in [7, 11) is 0. The molecule has 0 aliphatic carbocycles. The molecule has 0 atom stereocenters. The van der Waals surface area contributed by atoms with Gasteiger partial charge in [-0.25, -0.2) is 4.79 Å². The standard InChI is InChI=1S/C14H15N3O2/c18-14(17-8-6-15-7-9-17)19-12-3-4-13-11(10-12)2-1-5-16-13/h1-5,10,15H,6-9H2. The second-order valence-electron chi connectivity index (χ2n) is 4.46. The number of pyridine rings is 1. The van der Waals surface area contributed by atoms with Crippen LogP contribution in [0.5, 0.6) is 5.75 Å². The predicted octanol–water partition coefficient (Wildman–Crippen LogP) is 1.64. The highest BCUT2D eigenvalue weighted by Gasteiger charge is 2.18. The van der Waals surface area contributed by atoms with Crippen LogP contribution in [0.15, 0.2) is 36.5 Å². The van der Waals surface area contributed by atoms with E-state index in [1.165, 1.54) is 0 Å². The van der Waals surface area contributed by atoms with Gasteiger partial charge in [-0.15, -0.1) is 0 Å². The normalized spacial score (nSPS) is 15.5. The van der Waals surface area contributed by atoms with Crippen molar-refractivity contribution in [2.45, 2.75) is 0 Å². The third-order valence-corrected chi connectivity index (χ3v) is 3.15. The number of nitrogens with zero attached hydrogens (tertiary/aromatic N) is 2. The van der Waals surface area contributed by atoms with Crippen LogP contribution in [-0.2, 0) is 0 Å². The summed E-state index contributed by atoms with van der Waals surface area (Å²) >= 11 is 0. The molecule has 0 saturated carbocycles. The number of nitrogens with one attached hydrogen (secondary N) is 1. The van der Waals surface area contributed by atoms with Crippen molar-refractivity contribution in [1.29, 1.82) is 0 Å². The summed E-state index contributed by atoms with van der Waals surface area (Å²) in [5.41, 5.74) is 0.893. The number of hydrogen-bond donors (Lipinski definition) is 1. The lowest BCUT2D eigenvalue weighted by Gasteiger charge is -2.26. The molecular weight excluding hydrogens is 242 g/mol. The molecule has 5 nitrogen and oxygen atoms in total. The van der Waals surface area contributed by atoms with Crippen molar-refractivity contribution in [1.82, 2.24) is 15.2 Å². The fraction of sp³-hybridized carbons (Fsp3) is 0.286. The zero-order valence-corrected chi connectivity index (χ0v) is 10.5. The van der Waals surface area contributed by atoms with Crippen molar-refractivity contribution in [3.63, 3.8) is 0 Å². The molecule has 1 fully saturated rings. The Morgan fingerprint density at radius 3 is 2.95 bits per heavy atom. The third-order valence-electron chi connectivity index (χ3n) is 3.15. The zero-order chi connectivity index (χ0) is 13.1. The van der Waals surface area contributed by atoms with Crippen molar-refractivity contribution in [2.75, 3.05) is 26.2 Å². The summed E-state index contributed by atoms with van der Waals surface area (Å²) in [5, 5.41) is 4.17. The number of fused-ring (bicyclic) bond motifs is 1. The van der Waals surface area contributed by atoms with E-state index in [1.54, 1.807) is 17.2 Å². The van der Waals surface area contributed by atoms with Gasteiger partial charge in [-0.2, -0.15) is 0 Å². The van der Waals surface area contributed by atoms with Gasteiger partial charge < -0.3 is 15.0 Å². The van der Waals surface area contributed by atoms with Crippen LogP contribution in [0.3, 0.4) is 0 Å². The lowest BCUT2D eigenvalue weighted by atomic mass is 10.2. The first-order chi connectivity index (χ1) is 9.33. The predicted molar refractivity (Wildman–Crippen MR) is 72.2 cm³/mol. The Morgan fingerprint density at radius 2 is 2.11 bits per heavy atom. The number of carbonyl (C=O) groups excluding carboxylic acids is 1. The molecule has 2 aromatic rings. The van der Waals surface area contributed by atoms with Gasteiger partial charge in [0.05, 0.1) is 5.52 Å². The minimum atomic E-state index is -0.287. The summed E-state index contributed by atoms with van der Waals surface area (Å²) in [6.07, 6.45) is 1.46. The number of amides is 1. The molecule has 0 spiro atoms. The van der Waals surface area contributed by atoms with E-state index in [1.807, 2.05) is 24.3 Å². The lowest BCUT2D eigenvalue weighted by molar-refractivity contribution is 0.146. The van der Waals surface area contributed by atoms with Gasteiger partial charge in [0.25, 0.3) is 0 Å². The molecule has 0 bridgehead atoms. The molecular formula is C14H15N3O2. The van der Waals surface area contributed by atoms with E-state index in [0.29, 0.717) is 18.8 Å². The highest BCUT2D eigenvalue weighted by atomic mass is 16.6. The van der Waals surface area contributed by atoms with Gasteiger partial charge in [-0.05, 0) is 24.3 Å². The largest absolute Gasteiger partial charge is 0.415 e. The van der Waals surface area contributed by atoms with Crippen LogP contribution < -0.4 is 10.1 Å². The molecule has 1 aliphatic rings. The summed E-state index contributed by atoms with van der Waals surface area (Å²) in [5.74, 6) is 0.559. The number of benzene rings is 1. The van der Waals surface area contributed by atoms with Gasteiger partial charge >= 0.3 is 6.09 Å². The molecule has 5 heteroatoms. The maximum absolute atomic E-state index is 12.0. The minimum Gasteiger partial charge on any atom is -0.410 e. The van der Waals surface area contributed by atoms with Crippen molar-refractivity contribution < 1.29 is 9.53 Å². The van der Waals surface area contributed by atoms with Crippen LogP contribution in [0.1, 0.15) is 0 Å². The van der Waals surface area contributed by atoms with Gasteiger partial charge in [-0.3, -0.25) is 4.98 Å². The molecule has 1 saturated heterocycles. The monoisotopic (exact) mass is 257 g/mol. The van der Waals surface area contributed by atoms with Crippen LogP contribution in [-0.4, -0.2) is 42.2 Å². The van der Waals surface area contributed by atoms with Crippen molar-refractivity contribution in [3.8, 4) is 5.75 Å². The molecule has 1 aliphatic heterocycles. The fourth-order valence-corrected chi connectivity index (χ4v) is 2.13. The van der Waals surface area contributed by atoms with Crippen molar-refractivity contribution in [3.05, 3.63) is 36.5 Å². The first kappa shape index (κ1) is 11.9. The van der Waals surface area contributed by atoms with Gasteiger partial charge in [0.2, 0.25) is 0 Å². The number of piperazine rings is 1. The summed E-state index contributed by atoms with van der Waals surface area (Å²) in [6, 6.07) is 9.28. The highest BCUT2D eigenvalue weighted by Crippen LogP contribution is 2.19. The van der Waals surface area contributed by atoms with Crippen LogP contribution >= 0.6 is 0 Å². The highest BCUT2D eigenvalue weighted by molar-refractivity contribution is 5.81. The Kier molecular flexibility index (Phi) is 3.29. The number of hydrogen-bond acceptors (Lipinski definition) is 4. The summed E-state index contributed by atoms with van der Waals surface area (Å²) < 4.78 is 5.39. The molecule has 0 unspecified atom stereocenters. The molecule has 0 radical (unpaired) electrons. The van der Waals surface area contributed by atoms with E-state index in [2.05, 4.69) is 10.3 Å². The average molecular weight is 257 g/mol. The second kappa shape index (κ2) is 5.24. The van der Waals surface area contributed by atoms with Crippen LogP contribution in [0.4, 0.5) is 4.79 Å². The Bertz CT molecular complexity index is 594. The lowest BCUT2D eigenvalue weighted by Crippen LogP contribution is -2.47. The number of rotatable bonds is 1. The number of aromatic nitrogens is 1. The van der Waals surface area contributed by atoms with Gasteiger partial charge in [0, 0.05) is 37.8 Å². The zero-order valence-electron chi connectivity index (χ0n) is 10.5. The molecule has 19 heavy (non-hydrogen) atoms. The summed E-state index contributed by atoms with van der Waals surface area (Å²) in [6.45, 7) is 3.01.